The largest absolute Gasteiger partial charge is 0.497 e. The number of allylic oxidation sites excluding steroid dienone is 3. The Kier molecular flexibility index (Phi) is 4.18. The third kappa shape index (κ3) is 3.00. The van der Waals surface area contributed by atoms with Crippen LogP contribution in [0.5, 0.6) is 0 Å². The summed E-state index contributed by atoms with van der Waals surface area (Å²) in [6.07, 6.45) is 4.06. The molecule has 0 radical (unpaired) electrons. The lowest BCUT2D eigenvalue weighted by molar-refractivity contribution is -0.105. The van der Waals surface area contributed by atoms with Crippen LogP contribution >= 0.6 is 0 Å². The van der Waals surface area contributed by atoms with Gasteiger partial charge in [0, 0.05) is 6.42 Å². The van der Waals surface area contributed by atoms with E-state index >= 15 is 0 Å². The molecule has 0 spiro atoms. The Labute approximate surface area is 107 Å². The van der Waals surface area contributed by atoms with Crippen LogP contribution in [0, 0.1) is 0 Å². The zero-order valence-corrected chi connectivity index (χ0v) is 10.4. The number of rotatable bonds is 5. The van der Waals surface area contributed by atoms with Crippen LogP contribution in [0.4, 0.5) is 0 Å². The van der Waals surface area contributed by atoms with Gasteiger partial charge in [-0.05, 0) is 23.6 Å². The molecule has 0 aliphatic heterocycles. The van der Waals surface area contributed by atoms with Crippen molar-refractivity contribution >= 4 is 6.29 Å². The van der Waals surface area contributed by atoms with E-state index in [2.05, 4.69) is 0 Å². The first-order chi connectivity index (χ1) is 8.83. The van der Waals surface area contributed by atoms with Crippen molar-refractivity contribution in [2.75, 3.05) is 7.11 Å². The van der Waals surface area contributed by atoms with Crippen LogP contribution in [0.3, 0.4) is 0 Å². The first kappa shape index (κ1) is 12.4. The quantitative estimate of drug-likeness (QED) is 0.747. The topological polar surface area (TPSA) is 35.5 Å². The Balaban J connectivity index is 2.08. The van der Waals surface area contributed by atoms with Crippen LogP contribution in [0.2, 0.25) is 0 Å². The molecule has 0 atom stereocenters. The highest BCUT2D eigenvalue weighted by molar-refractivity contribution is 5.74. The lowest BCUT2D eigenvalue weighted by Gasteiger charge is -2.17. The highest BCUT2D eigenvalue weighted by Gasteiger charge is 2.15. The second-order valence-corrected chi connectivity index (χ2v) is 4.10. The van der Waals surface area contributed by atoms with Gasteiger partial charge in [0.15, 0.2) is 5.76 Å². The zero-order valence-electron chi connectivity index (χ0n) is 10.4. The van der Waals surface area contributed by atoms with E-state index in [-0.39, 0.29) is 0 Å². The van der Waals surface area contributed by atoms with Crippen LogP contribution < -0.4 is 0 Å². The summed E-state index contributed by atoms with van der Waals surface area (Å²) in [6.45, 7) is 0.478. The fraction of sp³-hybridized carbons (Fsp3) is 0.267. The van der Waals surface area contributed by atoms with Crippen molar-refractivity contribution in [3.05, 3.63) is 59.1 Å². The van der Waals surface area contributed by atoms with Crippen molar-refractivity contribution in [1.82, 2.24) is 0 Å². The van der Waals surface area contributed by atoms with Crippen molar-refractivity contribution in [2.24, 2.45) is 0 Å². The fourth-order valence-electron chi connectivity index (χ4n) is 1.86. The van der Waals surface area contributed by atoms with E-state index in [9.17, 15) is 4.79 Å². The monoisotopic (exact) mass is 244 g/mol. The lowest BCUT2D eigenvalue weighted by Crippen LogP contribution is -2.05. The summed E-state index contributed by atoms with van der Waals surface area (Å²) < 4.78 is 11.0. The summed E-state index contributed by atoms with van der Waals surface area (Å²) >= 11 is 0. The summed E-state index contributed by atoms with van der Waals surface area (Å²) in [5, 5.41) is 0. The highest BCUT2D eigenvalue weighted by Crippen LogP contribution is 2.25. The summed E-state index contributed by atoms with van der Waals surface area (Å²) in [5.41, 5.74) is 1.84. The van der Waals surface area contributed by atoms with Gasteiger partial charge in [0.25, 0.3) is 0 Å². The predicted molar refractivity (Wildman–Crippen MR) is 68.6 cm³/mol. The van der Waals surface area contributed by atoms with Gasteiger partial charge in [-0.3, -0.25) is 4.79 Å². The van der Waals surface area contributed by atoms with Gasteiger partial charge in [0.2, 0.25) is 0 Å². The zero-order chi connectivity index (χ0) is 12.8. The van der Waals surface area contributed by atoms with Gasteiger partial charge in [0.1, 0.15) is 18.7 Å². The Bertz CT molecular complexity index is 472. The maximum Gasteiger partial charge on any atom is 0.157 e. The standard InChI is InChI=1S/C15H16O3/c1-17-14-8-7-13(10-16)9-15(14)18-11-12-5-3-2-4-6-12/h2-6,9-10H,7-8,11H2,1H3. The number of hydrogen-bond acceptors (Lipinski definition) is 3. The lowest BCUT2D eigenvalue weighted by atomic mass is 10.0. The minimum atomic E-state index is 0.478. The van der Waals surface area contributed by atoms with Crippen LogP contribution in [-0.2, 0) is 20.9 Å². The molecule has 0 unspecified atom stereocenters. The molecule has 18 heavy (non-hydrogen) atoms. The Morgan fingerprint density at radius 1 is 1.22 bits per heavy atom. The molecule has 0 saturated carbocycles. The Hall–Kier alpha value is -2.03. The number of ether oxygens (including phenoxy) is 2. The molecule has 0 bridgehead atoms. The number of aldehydes is 1. The van der Waals surface area contributed by atoms with Gasteiger partial charge in [-0.1, -0.05) is 30.3 Å². The van der Waals surface area contributed by atoms with Gasteiger partial charge in [-0.15, -0.1) is 0 Å². The van der Waals surface area contributed by atoms with E-state index in [1.54, 1.807) is 13.2 Å². The number of hydrogen-bond donors (Lipinski definition) is 0. The molecule has 3 nitrogen and oxygen atoms in total. The van der Waals surface area contributed by atoms with E-state index in [0.717, 1.165) is 23.2 Å². The van der Waals surface area contributed by atoms with Crippen molar-refractivity contribution in [1.29, 1.82) is 0 Å². The van der Waals surface area contributed by atoms with Gasteiger partial charge in [-0.2, -0.15) is 0 Å². The van der Waals surface area contributed by atoms with Gasteiger partial charge < -0.3 is 9.47 Å². The first-order valence-electron chi connectivity index (χ1n) is 5.93. The normalized spacial score (nSPS) is 15.1. The molecule has 0 N–H and O–H groups in total. The second kappa shape index (κ2) is 6.05. The summed E-state index contributed by atoms with van der Waals surface area (Å²) in [5.74, 6) is 1.46. The SMILES string of the molecule is COC1=C(OCc2ccccc2)C=C(C=O)CC1. The van der Waals surface area contributed by atoms with Crippen molar-refractivity contribution < 1.29 is 14.3 Å². The van der Waals surface area contributed by atoms with Crippen molar-refractivity contribution in [2.45, 2.75) is 19.4 Å². The van der Waals surface area contributed by atoms with Crippen molar-refractivity contribution in [3.8, 4) is 0 Å². The highest BCUT2D eigenvalue weighted by atomic mass is 16.5. The molecule has 0 amide bonds. The third-order valence-corrected chi connectivity index (χ3v) is 2.87. The van der Waals surface area contributed by atoms with Crippen LogP contribution in [0.25, 0.3) is 0 Å². The number of methoxy groups -OCH3 is 1. The van der Waals surface area contributed by atoms with Gasteiger partial charge >= 0.3 is 0 Å². The van der Waals surface area contributed by atoms with E-state index in [0.29, 0.717) is 25.2 Å². The molecule has 3 heteroatoms. The average Bonchev–Trinajstić information content (AvgIpc) is 2.45. The molecule has 94 valence electrons. The minimum Gasteiger partial charge on any atom is -0.497 e. The molecular weight excluding hydrogens is 228 g/mol. The van der Waals surface area contributed by atoms with Crippen LogP contribution in [0.1, 0.15) is 18.4 Å². The van der Waals surface area contributed by atoms with E-state index in [4.69, 9.17) is 9.47 Å². The van der Waals surface area contributed by atoms with Gasteiger partial charge in [0.05, 0.1) is 7.11 Å². The molecular formula is C15H16O3. The molecule has 2 rings (SSSR count). The minimum absolute atomic E-state index is 0.478. The average molecular weight is 244 g/mol. The molecule has 1 aromatic carbocycles. The van der Waals surface area contributed by atoms with Crippen LogP contribution in [-0.4, -0.2) is 13.4 Å². The first-order valence-corrected chi connectivity index (χ1v) is 5.93. The maximum atomic E-state index is 10.8. The molecule has 0 aromatic heterocycles. The number of benzene rings is 1. The summed E-state index contributed by atoms with van der Waals surface area (Å²) in [7, 11) is 1.63. The molecule has 0 saturated heterocycles. The number of carbonyl (C=O) groups is 1. The molecule has 1 aliphatic carbocycles. The van der Waals surface area contributed by atoms with E-state index in [1.165, 1.54) is 0 Å². The Morgan fingerprint density at radius 3 is 2.67 bits per heavy atom. The van der Waals surface area contributed by atoms with E-state index in [1.807, 2.05) is 30.3 Å². The molecule has 1 aromatic rings. The molecule has 1 aliphatic rings. The smallest absolute Gasteiger partial charge is 0.157 e. The Morgan fingerprint density at radius 2 is 2.00 bits per heavy atom. The second-order valence-electron chi connectivity index (χ2n) is 4.10. The van der Waals surface area contributed by atoms with Gasteiger partial charge in [-0.25, -0.2) is 0 Å². The molecule has 0 fully saturated rings. The third-order valence-electron chi connectivity index (χ3n) is 2.87. The predicted octanol–water partition coefficient (Wildman–Crippen LogP) is 2.98. The van der Waals surface area contributed by atoms with Crippen LogP contribution in [0.15, 0.2) is 53.5 Å². The molecule has 0 heterocycles. The fourth-order valence-corrected chi connectivity index (χ4v) is 1.86. The maximum absolute atomic E-state index is 10.8. The number of carbonyl (C=O) groups excluding carboxylic acids is 1. The van der Waals surface area contributed by atoms with Crippen molar-refractivity contribution in [3.63, 3.8) is 0 Å². The summed E-state index contributed by atoms with van der Waals surface area (Å²) in [6, 6.07) is 9.91. The van der Waals surface area contributed by atoms with E-state index < -0.39 is 0 Å². The summed E-state index contributed by atoms with van der Waals surface area (Å²) in [4.78, 5) is 10.8.